The molecule has 0 saturated heterocycles. The van der Waals surface area contributed by atoms with Crippen LogP contribution < -0.4 is 21.2 Å². The van der Waals surface area contributed by atoms with E-state index in [-0.39, 0.29) is 11.7 Å². The topological polar surface area (TPSA) is 107 Å². The Hall–Kier alpha value is -3.20. The second-order valence-electron chi connectivity index (χ2n) is 6.51. The lowest BCUT2D eigenvalue weighted by atomic mass is 10.1. The maximum absolute atomic E-state index is 12.3. The van der Waals surface area contributed by atoms with E-state index in [1.165, 1.54) is 16.4 Å². The van der Waals surface area contributed by atoms with Gasteiger partial charge in [-0.1, -0.05) is 29.5 Å². The molecule has 9 heteroatoms. The van der Waals surface area contributed by atoms with Gasteiger partial charge in [-0.25, -0.2) is 4.68 Å². The molecule has 0 saturated carbocycles. The number of nitrogens with one attached hydrogen (secondary N) is 2. The van der Waals surface area contributed by atoms with Gasteiger partial charge < -0.3 is 21.2 Å². The van der Waals surface area contributed by atoms with Crippen molar-refractivity contribution in [3.05, 3.63) is 59.4 Å². The zero-order valence-corrected chi connectivity index (χ0v) is 17.4. The molecule has 0 bridgehead atoms. The fraction of sp³-hybridized carbons (Fsp3) is 0.250. The maximum atomic E-state index is 12.3. The fourth-order valence-electron chi connectivity index (χ4n) is 2.69. The number of amides is 1. The Bertz CT molecular complexity index is 987. The van der Waals surface area contributed by atoms with Gasteiger partial charge in [-0.15, -0.1) is 10.2 Å². The molecule has 0 aliphatic heterocycles. The van der Waals surface area contributed by atoms with Gasteiger partial charge in [0.15, 0.2) is 5.82 Å². The summed E-state index contributed by atoms with van der Waals surface area (Å²) in [6.07, 6.45) is 0. The number of thioether (sulfide) groups is 1. The number of rotatable bonds is 8. The standard InChI is InChI=1S/C20H24N6O2S/c1-13-4-9-17(14(2)10-13)23-19(27)12-29-20-25-24-18(26(20)21)11-22-15-5-7-16(28-3)8-6-15/h4-10,22H,11-12,21H2,1-3H3,(H,23,27). The molecular formula is C20H24N6O2S. The molecule has 0 fully saturated rings. The second-order valence-corrected chi connectivity index (χ2v) is 7.45. The molecule has 0 aliphatic rings. The van der Waals surface area contributed by atoms with Gasteiger partial charge in [-0.3, -0.25) is 4.79 Å². The quantitative estimate of drug-likeness (QED) is 0.386. The lowest BCUT2D eigenvalue weighted by Gasteiger charge is -2.09. The predicted octanol–water partition coefficient (Wildman–Crippen LogP) is 2.96. The number of nitrogens with two attached hydrogens (primary N) is 1. The van der Waals surface area contributed by atoms with Crippen LogP contribution in [0.15, 0.2) is 47.6 Å². The Labute approximate surface area is 173 Å². The maximum Gasteiger partial charge on any atom is 0.234 e. The molecule has 1 aromatic heterocycles. The highest BCUT2D eigenvalue weighted by atomic mass is 32.2. The van der Waals surface area contributed by atoms with Crippen LogP contribution in [0.4, 0.5) is 11.4 Å². The molecule has 3 rings (SSSR count). The van der Waals surface area contributed by atoms with Crippen LogP contribution in [-0.2, 0) is 11.3 Å². The third-order valence-electron chi connectivity index (χ3n) is 4.26. The molecule has 1 amide bonds. The summed E-state index contributed by atoms with van der Waals surface area (Å²) in [5.74, 6) is 7.49. The second kappa shape index (κ2) is 9.33. The van der Waals surface area contributed by atoms with Crippen molar-refractivity contribution in [2.24, 2.45) is 0 Å². The third-order valence-corrected chi connectivity index (χ3v) is 5.21. The van der Waals surface area contributed by atoms with Crippen LogP contribution in [0.25, 0.3) is 0 Å². The number of methoxy groups -OCH3 is 1. The lowest BCUT2D eigenvalue weighted by molar-refractivity contribution is -0.113. The van der Waals surface area contributed by atoms with Crippen molar-refractivity contribution < 1.29 is 9.53 Å². The van der Waals surface area contributed by atoms with E-state index in [1.54, 1.807) is 7.11 Å². The number of hydrogen-bond acceptors (Lipinski definition) is 7. The average Bonchev–Trinajstić information content (AvgIpc) is 3.07. The highest BCUT2D eigenvalue weighted by Gasteiger charge is 2.13. The van der Waals surface area contributed by atoms with E-state index in [0.717, 1.165) is 28.3 Å². The smallest absolute Gasteiger partial charge is 0.234 e. The minimum absolute atomic E-state index is 0.122. The number of carbonyl (C=O) groups excluding carboxylic acids is 1. The monoisotopic (exact) mass is 412 g/mol. The number of aryl methyl sites for hydroxylation is 2. The highest BCUT2D eigenvalue weighted by Crippen LogP contribution is 2.19. The van der Waals surface area contributed by atoms with Gasteiger partial charge in [0.2, 0.25) is 11.1 Å². The van der Waals surface area contributed by atoms with Crippen LogP contribution in [0.5, 0.6) is 5.75 Å². The zero-order valence-electron chi connectivity index (χ0n) is 16.6. The molecule has 0 atom stereocenters. The van der Waals surface area contributed by atoms with E-state index in [4.69, 9.17) is 10.6 Å². The van der Waals surface area contributed by atoms with Crippen molar-refractivity contribution in [1.29, 1.82) is 0 Å². The number of nitrogen functional groups attached to an aromatic ring is 1. The normalized spacial score (nSPS) is 10.6. The first-order valence-corrected chi connectivity index (χ1v) is 10.0. The summed E-state index contributed by atoms with van der Waals surface area (Å²) in [7, 11) is 1.63. The van der Waals surface area contributed by atoms with Crippen molar-refractivity contribution in [1.82, 2.24) is 14.9 Å². The summed E-state index contributed by atoms with van der Waals surface area (Å²) in [6.45, 7) is 4.39. The Balaban J connectivity index is 1.52. The Morgan fingerprint density at radius 1 is 1.17 bits per heavy atom. The number of hydrogen-bond donors (Lipinski definition) is 3. The fourth-order valence-corrected chi connectivity index (χ4v) is 3.36. The van der Waals surface area contributed by atoms with Gasteiger partial charge in [0, 0.05) is 11.4 Å². The number of nitrogens with zero attached hydrogens (tertiary/aromatic N) is 3. The first kappa shape index (κ1) is 20.5. The molecule has 2 aromatic carbocycles. The van der Waals surface area contributed by atoms with Gasteiger partial charge in [0.25, 0.3) is 0 Å². The van der Waals surface area contributed by atoms with Crippen LogP contribution in [0.2, 0.25) is 0 Å². The van der Waals surface area contributed by atoms with Crippen LogP contribution in [0.1, 0.15) is 17.0 Å². The van der Waals surface area contributed by atoms with Gasteiger partial charge in [0.05, 0.1) is 19.4 Å². The lowest BCUT2D eigenvalue weighted by Crippen LogP contribution is -2.18. The van der Waals surface area contributed by atoms with Crippen LogP contribution >= 0.6 is 11.8 Å². The number of benzene rings is 2. The van der Waals surface area contributed by atoms with Crippen LogP contribution in [-0.4, -0.2) is 33.6 Å². The molecule has 0 aliphatic carbocycles. The number of ether oxygens (including phenoxy) is 1. The minimum Gasteiger partial charge on any atom is -0.497 e. The summed E-state index contributed by atoms with van der Waals surface area (Å²) in [5.41, 5.74) is 3.90. The summed E-state index contributed by atoms with van der Waals surface area (Å²) in [6, 6.07) is 13.4. The summed E-state index contributed by atoms with van der Waals surface area (Å²) in [5, 5.41) is 14.8. The molecule has 0 spiro atoms. The molecule has 0 unspecified atom stereocenters. The highest BCUT2D eigenvalue weighted by molar-refractivity contribution is 7.99. The van der Waals surface area contributed by atoms with Gasteiger partial charge >= 0.3 is 0 Å². The van der Waals surface area contributed by atoms with Crippen molar-refractivity contribution in [2.45, 2.75) is 25.5 Å². The Kier molecular flexibility index (Phi) is 6.61. The van der Waals surface area contributed by atoms with E-state index in [1.807, 2.05) is 56.3 Å². The van der Waals surface area contributed by atoms with E-state index in [9.17, 15) is 4.79 Å². The van der Waals surface area contributed by atoms with Gasteiger partial charge in [-0.05, 0) is 49.7 Å². The van der Waals surface area contributed by atoms with Crippen molar-refractivity contribution in [3.63, 3.8) is 0 Å². The van der Waals surface area contributed by atoms with Crippen LogP contribution in [0.3, 0.4) is 0 Å². The molecular weight excluding hydrogens is 388 g/mol. The molecule has 1 heterocycles. The first-order valence-electron chi connectivity index (χ1n) is 9.03. The van der Waals surface area contributed by atoms with Gasteiger partial charge in [-0.2, -0.15) is 0 Å². The number of aromatic nitrogens is 3. The number of anilines is 2. The van der Waals surface area contributed by atoms with E-state index >= 15 is 0 Å². The summed E-state index contributed by atoms with van der Waals surface area (Å²) in [4.78, 5) is 12.3. The Morgan fingerprint density at radius 2 is 1.93 bits per heavy atom. The molecule has 8 nitrogen and oxygen atoms in total. The van der Waals surface area contributed by atoms with E-state index in [2.05, 4.69) is 20.8 Å². The molecule has 4 N–H and O–H groups in total. The molecule has 3 aromatic rings. The van der Waals surface area contributed by atoms with Crippen molar-refractivity contribution in [2.75, 3.05) is 29.3 Å². The van der Waals surface area contributed by atoms with Crippen molar-refractivity contribution >= 4 is 29.0 Å². The summed E-state index contributed by atoms with van der Waals surface area (Å²) >= 11 is 1.24. The SMILES string of the molecule is COc1ccc(NCc2nnc(SCC(=O)Nc3ccc(C)cc3C)n2N)cc1. The Morgan fingerprint density at radius 3 is 2.62 bits per heavy atom. The predicted molar refractivity (Wildman–Crippen MR) is 116 cm³/mol. The molecule has 29 heavy (non-hydrogen) atoms. The molecule has 152 valence electrons. The van der Waals surface area contributed by atoms with E-state index in [0.29, 0.717) is 17.5 Å². The molecule has 0 radical (unpaired) electrons. The van der Waals surface area contributed by atoms with E-state index < -0.39 is 0 Å². The summed E-state index contributed by atoms with van der Waals surface area (Å²) < 4.78 is 6.53. The average molecular weight is 413 g/mol. The van der Waals surface area contributed by atoms with Gasteiger partial charge in [0.1, 0.15) is 5.75 Å². The van der Waals surface area contributed by atoms with Crippen LogP contribution in [0, 0.1) is 13.8 Å². The largest absolute Gasteiger partial charge is 0.497 e. The first-order chi connectivity index (χ1) is 14.0. The third kappa shape index (κ3) is 5.41. The number of carbonyl (C=O) groups is 1. The van der Waals surface area contributed by atoms with Crippen molar-refractivity contribution in [3.8, 4) is 5.75 Å². The minimum atomic E-state index is -0.122. The zero-order chi connectivity index (χ0) is 20.8.